The van der Waals surface area contributed by atoms with Gasteiger partial charge in [0.15, 0.2) is 0 Å². The minimum atomic E-state index is -0.635. The lowest BCUT2D eigenvalue weighted by molar-refractivity contribution is -0.118. The molecule has 1 atom stereocenters. The summed E-state index contributed by atoms with van der Waals surface area (Å²) in [5.41, 5.74) is 3.55. The van der Waals surface area contributed by atoms with E-state index < -0.39 is 6.04 Å². The number of hydrogen-bond donors (Lipinski definition) is 2. The average Bonchev–Trinajstić information content (AvgIpc) is 2.77. The number of nitrogens with zero attached hydrogens (tertiary/aromatic N) is 1. The van der Waals surface area contributed by atoms with Crippen molar-refractivity contribution in [2.24, 2.45) is 5.92 Å². The molecule has 0 aliphatic carbocycles. The zero-order valence-corrected chi connectivity index (χ0v) is 19.8. The summed E-state index contributed by atoms with van der Waals surface area (Å²) in [6.07, 6.45) is 0. The number of carbonyl (C=O) groups excluding carboxylic acids is 2. The fraction of sp³-hybridized carbons (Fsp3) is 0.462. The number of morpholine rings is 1. The van der Waals surface area contributed by atoms with E-state index in [0.29, 0.717) is 11.3 Å². The minimum absolute atomic E-state index is 0.0205. The second-order valence-corrected chi connectivity index (χ2v) is 9.66. The minimum Gasteiger partial charge on any atom is -0.378 e. The lowest BCUT2D eigenvalue weighted by Crippen LogP contribution is -2.47. The summed E-state index contributed by atoms with van der Waals surface area (Å²) in [7, 11) is 0. The Kier molecular flexibility index (Phi) is 7.56. The van der Waals surface area contributed by atoms with Gasteiger partial charge >= 0.3 is 0 Å². The van der Waals surface area contributed by atoms with Crippen molar-refractivity contribution in [1.82, 2.24) is 5.32 Å². The molecular formula is C26H35N3O3. The fourth-order valence-electron chi connectivity index (χ4n) is 3.68. The van der Waals surface area contributed by atoms with Crippen LogP contribution in [0.25, 0.3) is 0 Å². The predicted octanol–water partition coefficient (Wildman–Crippen LogP) is 4.21. The molecule has 6 heteroatoms. The van der Waals surface area contributed by atoms with Crippen LogP contribution in [0.1, 0.15) is 50.5 Å². The van der Waals surface area contributed by atoms with Gasteiger partial charge in [0.1, 0.15) is 6.04 Å². The monoisotopic (exact) mass is 437 g/mol. The second kappa shape index (κ2) is 10.2. The SMILES string of the molecule is CC(C)[C@@H](NC(=O)c1ccc(C(C)(C)C)cc1)C(=O)Nc1ccc(N2CCOCC2)cc1. The van der Waals surface area contributed by atoms with E-state index in [1.54, 1.807) is 0 Å². The molecule has 2 N–H and O–H groups in total. The predicted molar refractivity (Wildman–Crippen MR) is 129 cm³/mol. The molecule has 1 fully saturated rings. The molecule has 3 rings (SSSR count). The highest BCUT2D eigenvalue weighted by molar-refractivity contribution is 6.01. The quantitative estimate of drug-likeness (QED) is 0.710. The maximum absolute atomic E-state index is 12.9. The Morgan fingerprint density at radius 1 is 0.938 bits per heavy atom. The van der Waals surface area contributed by atoms with Crippen LogP contribution in [0.5, 0.6) is 0 Å². The lowest BCUT2D eigenvalue weighted by atomic mass is 9.86. The van der Waals surface area contributed by atoms with Crippen molar-refractivity contribution in [2.45, 2.75) is 46.1 Å². The Labute approximate surface area is 191 Å². The molecule has 172 valence electrons. The highest BCUT2D eigenvalue weighted by Crippen LogP contribution is 2.22. The smallest absolute Gasteiger partial charge is 0.251 e. The summed E-state index contributed by atoms with van der Waals surface area (Å²) in [5, 5.41) is 5.84. The molecule has 0 aromatic heterocycles. The van der Waals surface area contributed by atoms with Gasteiger partial charge in [-0.15, -0.1) is 0 Å². The number of benzene rings is 2. The van der Waals surface area contributed by atoms with Crippen LogP contribution in [0, 0.1) is 5.92 Å². The summed E-state index contributed by atoms with van der Waals surface area (Å²) in [5.74, 6) is -0.527. The highest BCUT2D eigenvalue weighted by atomic mass is 16.5. The molecule has 1 heterocycles. The van der Waals surface area contributed by atoms with Crippen LogP contribution in [0.15, 0.2) is 48.5 Å². The zero-order valence-electron chi connectivity index (χ0n) is 19.8. The maximum atomic E-state index is 12.9. The van der Waals surface area contributed by atoms with Crippen molar-refractivity contribution in [3.63, 3.8) is 0 Å². The first-order valence-corrected chi connectivity index (χ1v) is 11.3. The lowest BCUT2D eigenvalue weighted by Gasteiger charge is -2.29. The van der Waals surface area contributed by atoms with E-state index >= 15 is 0 Å². The average molecular weight is 438 g/mol. The summed E-state index contributed by atoms with van der Waals surface area (Å²) < 4.78 is 5.40. The summed E-state index contributed by atoms with van der Waals surface area (Å²) in [6.45, 7) is 13.4. The first-order chi connectivity index (χ1) is 15.1. The van der Waals surface area contributed by atoms with Crippen molar-refractivity contribution in [2.75, 3.05) is 36.5 Å². The first-order valence-electron chi connectivity index (χ1n) is 11.3. The molecule has 32 heavy (non-hydrogen) atoms. The molecule has 2 amide bonds. The van der Waals surface area contributed by atoms with E-state index in [1.165, 1.54) is 0 Å². The third-order valence-electron chi connectivity index (χ3n) is 5.76. The summed E-state index contributed by atoms with van der Waals surface area (Å²) in [4.78, 5) is 28.0. The third-order valence-corrected chi connectivity index (χ3v) is 5.76. The van der Waals surface area contributed by atoms with Gasteiger partial charge in [-0.2, -0.15) is 0 Å². The molecule has 0 saturated carbocycles. The van der Waals surface area contributed by atoms with E-state index in [-0.39, 0.29) is 23.1 Å². The number of rotatable bonds is 6. The number of amides is 2. The number of ether oxygens (including phenoxy) is 1. The maximum Gasteiger partial charge on any atom is 0.251 e. The van der Waals surface area contributed by atoms with Crippen LogP contribution in [-0.4, -0.2) is 44.2 Å². The van der Waals surface area contributed by atoms with Gasteiger partial charge < -0.3 is 20.3 Å². The van der Waals surface area contributed by atoms with Gasteiger partial charge in [-0.25, -0.2) is 0 Å². The number of nitrogens with one attached hydrogen (secondary N) is 2. The van der Waals surface area contributed by atoms with Gasteiger partial charge in [-0.1, -0.05) is 46.8 Å². The van der Waals surface area contributed by atoms with Crippen molar-refractivity contribution >= 4 is 23.2 Å². The fourth-order valence-corrected chi connectivity index (χ4v) is 3.68. The standard InChI is InChI=1S/C26H35N3O3/c1-18(2)23(28-24(30)19-6-8-20(9-7-19)26(3,4)5)25(31)27-21-10-12-22(13-11-21)29-14-16-32-17-15-29/h6-13,18,23H,14-17H2,1-5H3,(H,27,31)(H,28,30)/t23-/m1/s1. The Balaban J connectivity index is 1.63. The Morgan fingerprint density at radius 3 is 2.06 bits per heavy atom. The first kappa shape index (κ1) is 23.8. The van der Waals surface area contributed by atoms with Crippen LogP contribution >= 0.6 is 0 Å². The van der Waals surface area contributed by atoms with Gasteiger partial charge in [0.05, 0.1) is 13.2 Å². The van der Waals surface area contributed by atoms with Gasteiger partial charge in [0.25, 0.3) is 5.91 Å². The Morgan fingerprint density at radius 2 is 1.53 bits per heavy atom. The van der Waals surface area contributed by atoms with Crippen LogP contribution in [-0.2, 0) is 14.9 Å². The number of carbonyl (C=O) groups is 2. The normalized spacial score (nSPS) is 15.4. The topological polar surface area (TPSA) is 70.7 Å². The molecule has 0 radical (unpaired) electrons. The molecule has 1 aliphatic heterocycles. The van der Waals surface area contributed by atoms with Gasteiger partial charge in [0.2, 0.25) is 5.91 Å². The van der Waals surface area contributed by atoms with E-state index in [9.17, 15) is 9.59 Å². The van der Waals surface area contributed by atoms with Crippen molar-refractivity contribution in [1.29, 1.82) is 0 Å². The van der Waals surface area contributed by atoms with Crippen LogP contribution in [0.4, 0.5) is 11.4 Å². The molecule has 1 aliphatic rings. The third kappa shape index (κ3) is 6.10. The van der Waals surface area contributed by atoms with Crippen molar-refractivity contribution in [3.05, 3.63) is 59.7 Å². The van der Waals surface area contributed by atoms with E-state index in [0.717, 1.165) is 37.6 Å². The number of anilines is 2. The molecule has 2 aromatic rings. The molecular weight excluding hydrogens is 402 g/mol. The molecule has 0 unspecified atom stereocenters. The van der Waals surface area contributed by atoms with Crippen LogP contribution < -0.4 is 15.5 Å². The summed E-state index contributed by atoms with van der Waals surface area (Å²) in [6, 6.07) is 14.7. The molecule has 0 spiro atoms. The number of hydrogen-bond acceptors (Lipinski definition) is 4. The second-order valence-electron chi connectivity index (χ2n) is 9.66. The van der Waals surface area contributed by atoms with Gasteiger partial charge in [-0.3, -0.25) is 9.59 Å². The zero-order chi connectivity index (χ0) is 23.3. The molecule has 0 bridgehead atoms. The van der Waals surface area contributed by atoms with Crippen LogP contribution in [0.2, 0.25) is 0 Å². The highest BCUT2D eigenvalue weighted by Gasteiger charge is 2.25. The Bertz CT molecular complexity index is 909. The van der Waals surface area contributed by atoms with Crippen LogP contribution in [0.3, 0.4) is 0 Å². The molecule has 2 aromatic carbocycles. The van der Waals surface area contributed by atoms with Gasteiger partial charge in [-0.05, 0) is 53.3 Å². The largest absolute Gasteiger partial charge is 0.378 e. The van der Waals surface area contributed by atoms with Gasteiger partial charge in [0, 0.05) is 30.0 Å². The van der Waals surface area contributed by atoms with E-state index in [1.807, 2.05) is 62.4 Å². The Hall–Kier alpha value is -2.86. The molecule has 6 nitrogen and oxygen atoms in total. The van der Waals surface area contributed by atoms with Crippen molar-refractivity contribution in [3.8, 4) is 0 Å². The summed E-state index contributed by atoms with van der Waals surface area (Å²) >= 11 is 0. The van der Waals surface area contributed by atoms with E-state index in [2.05, 4.69) is 36.3 Å². The molecule has 1 saturated heterocycles. The van der Waals surface area contributed by atoms with Crippen molar-refractivity contribution < 1.29 is 14.3 Å². The van der Waals surface area contributed by atoms with E-state index in [4.69, 9.17) is 4.74 Å².